The van der Waals surface area contributed by atoms with Gasteiger partial charge in [-0.15, -0.1) is 0 Å². The van der Waals surface area contributed by atoms with Crippen molar-refractivity contribution >= 4 is 11.8 Å². The third kappa shape index (κ3) is 4.79. The molecule has 1 saturated heterocycles. The monoisotopic (exact) mass is 401 g/mol. The van der Waals surface area contributed by atoms with Crippen LogP contribution in [-0.2, 0) is 9.59 Å². The zero-order valence-corrected chi connectivity index (χ0v) is 16.3. The Bertz CT molecular complexity index is 855. The van der Waals surface area contributed by atoms with E-state index in [1.165, 1.54) is 17.0 Å². The average molecular weight is 401 g/mol. The van der Waals surface area contributed by atoms with E-state index in [9.17, 15) is 18.4 Å². The minimum atomic E-state index is -1.11. The van der Waals surface area contributed by atoms with Crippen LogP contribution in [0.3, 0.4) is 0 Å². The lowest BCUT2D eigenvalue weighted by Gasteiger charge is -2.27. The van der Waals surface area contributed by atoms with Gasteiger partial charge < -0.3 is 16.0 Å². The first kappa shape index (κ1) is 20.9. The molecule has 0 spiro atoms. The molecule has 3 atom stereocenters. The topological polar surface area (TPSA) is 75.4 Å². The fraction of sp³-hybridized carbons (Fsp3) is 0.364. The summed E-state index contributed by atoms with van der Waals surface area (Å²) in [6.45, 7) is 2.51. The molecule has 2 aromatic rings. The van der Waals surface area contributed by atoms with E-state index >= 15 is 0 Å². The summed E-state index contributed by atoms with van der Waals surface area (Å²) in [5.41, 5.74) is 8.48. The smallest absolute Gasteiger partial charge is 0.240 e. The molecule has 29 heavy (non-hydrogen) atoms. The van der Waals surface area contributed by atoms with E-state index in [1.807, 2.05) is 0 Å². The number of nitrogens with two attached hydrogens (primary N) is 1. The van der Waals surface area contributed by atoms with Crippen LogP contribution in [0.15, 0.2) is 48.5 Å². The number of amides is 2. The zero-order chi connectivity index (χ0) is 21.0. The number of alkyl halides is 1. The van der Waals surface area contributed by atoms with Gasteiger partial charge in [0.25, 0.3) is 0 Å². The number of nitrogens with one attached hydrogen (secondary N) is 1. The Morgan fingerprint density at radius 1 is 1.14 bits per heavy atom. The molecule has 3 rings (SSSR count). The van der Waals surface area contributed by atoms with Crippen molar-refractivity contribution in [3.8, 4) is 11.1 Å². The van der Waals surface area contributed by atoms with E-state index in [1.54, 1.807) is 43.3 Å². The van der Waals surface area contributed by atoms with E-state index in [0.717, 1.165) is 11.1 Å². The van der Waals surface area contributed by atoms with Gasteiger partial charge >= 0.3 is 0 Å². The van der Waals surface area contributed by atoms with Crippen LogP contribution in [0.25, 0.3) is 11.1 Å². The zero-order valence-electron chi connectivity index (χ0n) is 16.3. The highest BCUT2D eigenvalue weighted by Crippen LogP contribution is 2.26. The van der Waals surface area contributed by atoms with Gasteiger partial charge in [0.15, 0.2) is 0 Å². The van der Waals surface area contributed by atoms with E-state index in [0.29, 0.717) is 18.7 Å². The third-order valence-electron chi connectivity index (χ3n) is 5.17. The molecule has 1 heterocycles. The molecule has 1 aliphatic rings. The van der Waals surface area contributed by atoms with Crippen molar-refractivity contribution in [2.24, 2.45) is 5.73 Å². The molecule has 0 radical (unpaired) electrons. The highest BCUT2D eigenvalue weighted by Gasteiger charge is 2.37. The molecule has 0 bridgehead atoms. The maximum absolute atomic E-state index is 13.5. The lowest BCUT2D eigenvalue weighted by atomic mass is 9.89. The van der Waals surface area contributed by atoms with Gasteiger partial charge in [-0.25, -0.2) is 8.78 Å². The quantitative estimate of drug-likeness (QED) is 0.781. The highest BCUT2D eigenvalue weighted by atomic mass is 19.1. The predicted molar refractivity (Wildman–Crippen MR) is 107 cm³/mol. The maximum Gasteiger partial charge on any atom is 0.240 e. The molecule has 2 aromatic carbocycles. The summed E-state index contributed by atoms with van der Waals surface area (Å²) in [5.74, 6) is -1.98. The largest absolute Gasteiger partial charge is 0.356 e. The number of carbonyl (C=O) groups is 2. The first-order chi connectivity index (χ1) is 13.9. The molecule has 5 nitrogen and oxygen atoms in total. The van der Waals surface area contributed by atoms with E-state index < -0.39 is 24.0 Å². The van der Waals surface area contributed by atoms with Gasteiger partial charge in [-0.05, 0) is 42.2 Å². The second kappa shape index (κ2) is 9.13. The Morgan fingerprint density at radius 3 is 2.24 bits per heavy atom. The fourth-order valence-corrected chi connectivity index (χ4v) is 3.60. The van der Waals surface area contributed by atoms with Crippen molar-refractivity contribution in [1.82, 2.24) is 10.2 Å². The van der Waals surface area contributed by atoms with Gasteiger partial charge in [-0.2, -0.15) is 0 Å². The van der Waals surface area contributed by atoms with Crippen molar-refractivity contribution in [2.75, 3.05) is 19.6 Å². The minimum absolute atomic E-state index is 0.0121. The summed E-state index contributed by atoms with van der Waals surface area (Å²) in [7, 11) is 0. The van der Waals surface area contributed by atoms with E-state index in [-0.39, 0.29) is 24.7 Å². The number of carbonyl (C=O) groups excluding carboxylic acids is 2. The summed E-state index contributed by atoms with van der Waals surface area (Å²) < 4.78 is 26.6. The SMILES string of the molecule is CCNC(=O)[C@@H](c1ccc(-c2ccc(F)cc2)cc1)[C@H](N)C(=O)N1CC[C@H](F)C1. The van der Waals surface area contributed by atoms with Gasteiger partial charge in [-0.3, -0.25) is 9.59 Å². The predicted octanol–water partition coefficient (Wildman–Crippen LogP) is 2.61. The van der Waals surface area contributed by atoms with Gasteiger partial charge in [-0.1, -0.05) is 36.4 Å². The number of benzene rings is 2. The van der Waals surface area contributed by atoms with Gasteiger partial charge in [0.05, 0.1) is 12.5 Å². The molecule has 1 fully saturated rings. The summed E-state index contributed by atoms with van der Waals surface area (Å²) in [6, 6.07) is 12.1. The van der Waals surface area contributed by atoms with E-state index in [2.05, 4.69) is 5.32 Å². The molecule has 0 aliphatic carbocycles. The maximum atomic E-state index is 13.5. The van der Waals surface area contributed by atoms with Crippen molar-refractivity contribution < 1.29 is 18.4 Å². The number of likely N-dealkylation sites (N-methyl/N-ethyl adjacent to an activating group) is 1. The number of nitrogens with zero attached hydrogens (tertiary/aromatic N) is 1. The number of rotatable bonds is 6. The summed E-state index contributed by atoms with van der Waals surface area (Å²) >= 11 is 0. The first-order valence-electron chi connectivity index (χ1n) is 9.72. The van der Waals surface area contributed by atoms with Gasteiger partial charge in [0.2, 0.25) is 11.8 Å². The van der Waals surface area contributed by atoms with Crippen LogP contribution < -0.4 is 11.1 Å². The molecule has 154 valence electrons. The fourth-order valence-electron chi connectivity index (χ4n) is 3.60. The van der Waals surface area contributed by atoms with Crippen LogP contribution in [0.2, 0.25) is 0 Å². The second-order valence-electron chi connectivity index (χ2n) is 7.20. The Hall–Kier alpha value is -2.80. The van der Waals surface area contributed by atoms with Crippen molar-refractivity contribution in [3.63, 3.8) is 0 Å². The van der Waals surface area contributed by atoms with Crippen LogP contribution in [0.4, 0.5) is 8.78 Å². The van der Waals surface area contributed by atoms with Crippen molar-refractivity contribution in [1.29, 1.82) is 0 Å². The summed E-state index contributed by atoms with van der Waals surface area (Å²) in [4.78, 5) is 26.8. The van der Waals surface area contributed by atoms with Crippen LogP contribution >= 0.6 is 0 Å². The minimum Gasteiger partial charge on any atom is -0.356 e. The first-order valence-corrected chi connectivity index (χ1v) is 9.72. The Morgan fingerprint density at radius 2 is 1.72 bits per heavy atom. The van der Waals surface area contributed by atoms with Crippen LogP contribution in [-0.4, -0.2) is 48.6 Å². The van der Waals surface area contributed by atoms with Crippen molar-refractivity contribution in [2.45, 2.75) is 31.5 Å². The Labute approximate surface area is 168 Å². The highest BCUT2D eigenvalue weighted by molar-refractivity contribution is 5.93. The molecular formula is C22H25F2N3O2. The molecular weight excluding hydrogens is 376 g/mol. The molecule has 7 heteroatoms. The van der Waals surface area contributed by atoms with Crippen molar-refractivity contribution in [3.05, 3.63) is 59.9 Å². The normalized spacial score (nSPS) is 18.3. The van der Waals surface area contributed by atoms with Gasteiger partial charge in [0, 0.05) is 13.1 Å². The number of hydrogen-bond acceptors (Lipinski definition) is 3. The number of hydrogen-bond donors (Lipinski definition) is 2. The molecule has 0 aromatic heterocycles. The van der Waals surface area contributed by atoms with E-state index in [4.69, 9.17) is 5.73 Å². The number of halogens is 2. The molecule has 3 N–H and O–H groups in total. The lowest BCUT2D eigenvalue weighted by Crippen LogP contribution is -2.50. The van der Waals surface area contributed by atoms with Crippen LogP contribution in [0, 0.1) is 5.82 Å². The third-order valence-corrected chi connectivity index (χ3v) is 5.17. The summed E-state index contributed by atoms with van der Waals surface area (Å²) in [6.07, 6.45) is -0.763. The van der Waals surface area contributed by atoms with Crippen LogP contribution in [0.5, 0.6) is 0 Å². The standard InChI is InChI=1S/C22H25F2N3O2/c1-2-26-21(28)19(20(25)22(29)27-12-11-18(24)13-27)16-5-3-14(4-6-16)15-7-9-17(23)10-8-15/h3-10,18-20H,2,11-13,25H2,1H3,(H,26,28)/t18-,19-,20-/m0/s1. The average Bonchev–Trinajstić information content (AvgIpc) is 3.15. The summed E-state index contributed by atoms with van der Waals surface area (Å²) in [5, 5.41) is 2.73. The Kier molecular flexibility index (Phi) is 6.59. The van der Waals surface area contributed by atoms with Crippen LogP contribution in [0.1, 0.15) is 24.8 Å². The number of likely N-dealkylation sites (tertiary alicyclic amines) is 1. The molecule has 0 saturated carbocycles. The molecule has 0 unspecified atom stereocenters. The second-order valence-corrected chi connectivity index (χ2v) is 7.20. The Balaban J connectivity index is 1.85. The molecule has 1 aliphatic heterocycles. The molecule has 2 amide bonds. The lowest BCUT2D eigenvalue weighted by molar-refractivity contribution is -0.135. The van der Waals surface area contributed by atoms with Gasteiger partial charge in [0.1, 0.15) is 18.0 Å².